The molecule has 0 radical (unpaired) electrons. The minimum Gasteiger partial charge on any atom is -0.369 e. The lowest BCUT2D eigenvalue weighted by Crippen LogP contribution is -2.29. The summed E-state index contributed by atoms with van der Waals surface area (Å²) in [5, 5.41) is 5.65. The molecule has 0 aliphatic heterocycles. The van der Waals surface area contributed by atoms with Crippen LogP contribution in [0.25, 0.3) is 21.1 Å². The number of hydrogen-bond donors (Lipinski definition) is 1. The molecule has 1 amide bonds. The van der Waals surface area contributed by atoms with Crippen LogP contribution in [0.2, 0.25) is 0 Å². The average Bonchev–Trinajstić information content (AvgIpc) is 3.27. The minimum absolute atomic E-state index is 0.00932. The number of nitrogens with one attached hydrogen (secondary N) is 1. The number of aryl methyl sites for hydroxylation is 1. The first-order valence-corrected chi connectivity index (χ1v) is 14.3. The molecule has 0 aliphatic carbocycles. The monoisotopic (exact) mass is 529 g/mol. The van der Waals surface area contributed by atoms with E-state index >= 15 is 0 Å². The minimum atomic E-state index is -0.00932. The third-order valence-corrected chi connectivity index (χ3v) is 8.75. The van der Waals surface area contributed by atoms with E-state index in [4.69, 9.17) is 0 Å². The van der Waals surface area contributed by atoms with Gasteiger partial charge in [0.05, 0.1) is 15.8 Å². The summed E-state index contributed by atoms with van der Waals surface area (Å²) < 4.78 is 0. The third kappa shape index (κ3) is 5.88. The summed E-state index contributed by atoms with van der Waals surface area (Å²) >= 11 is 1.44. The van der Waals surface area contributed by atoms with Crippen molar-refractivity contribution in [3.05, 3.63) is 71.5 Å². The standard InChI is InChI=1S/C31H39N5OS/c1-7-15-31(5,17-22(8-2)9-3)19-33-28-26-21(4)27(38-29(26)35-20-34-28)30(37)36(6)18-23-12-10-14-25-24(23)13-11-16-32-25/h8,10-14,16,20,22H,2,7,9,15,17-19H2,1,3-6H3,(H,33,34,35). The summed E-state index contributed by atoms with van der Waals surface area (Å²) in [4.78, 5) is 30.5. The van der Waals surface area contributed by atoms with Crippen LogP contribution in [0.3, 0.4) is 0 Å². The van der Waals surface area contributed by atoms with Gasteiger partial charge in [0, 0.05) is 31.7 Å². The van der Waals surface area contributed by atoms with Crippen LogP contribution >= 0.6 is 11.3 Å². The van der Waals surface area contributed by atoms with Crippen molar-refractivity contribution in [1.29, 1.82) is 0 Å². The van der Waals surface area contributed by atoms with Crippen LogP contribution in [0, 0.1) is 18.3 Å². The second kappa shape index (κ2) is 12.0. The Labute approximate surface area is 230 Å². The number of thiophene rings is 1. The Morgan fingerprint density at radius 3 is 2.76 bits per heavy atom. The summed E-state index contributed by atoms with van der Waals surface area (Å²) in [6, 6.07) is 10.0. The van der Waals surface area contributed by atoms with Crippen molar-refractivity contribution >= 4 is 44.2 Å². The molecular weight excluding hydrogens is 490 g/mol. The predicted molar refractivity (Wildman–Crippen MR) is 160 cm³/mol. The first kappa shape index (κ1) is 27.7. The number of anilines is 1. The van der Waals surface area contributed by atoms with E-state index < -0.39 is 0 Å². The number of rotatable bonds is 12. The number of pyridine rings is 1. The molecular formula is C31H39N5OS. The highest BCUT2D eigenvalue weighted by Crippen LogP contribution is 2.37. The maximum atomic E-state index is 13.6. The highest BCUT2D eigenvalue weighted by atomic mass is 32.1. The molecule has 3 aromatic heterocycles. The largest absolute Gasteiger partial charge is 0.369 e. The van der Waals surface area contributed by atoms with Crippen molar-refractivity contribution in [2.75, 3.05) is 18.9 Å². The number of allylic oxidation sites excluding steroid dienone is 1. The summed E-state index contributed by atoms with van der Waals surface area (Å²) in [6.07, 6.45) is 9.90. The maximum absolute atomic E-state index is 13.6. The molecule has 38 heavy (non-hydrogen) atoms. The van der Waals surface area contributed by atoms with Gasteiger partial charge in [-0.25, -0.2) is 9.97 Å². The number of amides is 1. The molecule has 3 heterocycles. The Balaban J connectivity index is 1.57. The van der Waals surface area contributed by atoms with Crippen LogP contribution in [0.5, 0.6) is 0 Å². The van der Waals surface area contributed by atoms with Gasteiger partial charge < -0.3 is 10.2 Å². The van der Waals surface area contributed by atoms with Gasteiger partial charge in [0.2, 0.25) is 0 Å². The molecule has 6 nitrogen and oxygen atoms in total. The van der Waals surface area contributed by atoms with Crippen LogP contribution in [0.4, 0.5) is 5.82 Å². The van der Waals surface area contributed by atoms with E-state index in [1.165, 1.54) is 11.3 Å². The summed E-state index contributed by atoms with van der Waals surface area (Å²) in [6.45, 7) is 14.2. The van der Waals surface area contributed by atoms with Gasteiger partial charge in [-0.3, -0.25) is 9.78 Å². The van der Waals surface area contributed by atoms with Gasteiger partial charge in [-0.05, 0) is 60.8 Å². The number of carbonyl (C=O) groups is 1. The molecule has 4 rings (SSSR count). The second-order valence-corrected chi connectivity index (χ2v) is 11.6. The van der Waals surface area contributed by atoms with Gasteiger partial charge in [0.15, 0.2) is 0 Å². The third-order valence-electron chi connectivity index (χ3n) is 7.56. The van der Waals surface area contributed by atoms with E-state index in [0.29, 0.717) is 17.3 Å². The molecule has 2 atom stereocenters. The Morgan fingerprint density at radius 2 is 2.03 bits per heavy atom. The van der Waals surface area contributed by atoms with Gasteiger partial charge in [0.1, 0.15) is 17.0 Å². The number of benzene rings is 1. The van der Waals surface area contributed by atoms with Crippen LogP contribution in [-0.2, 0) is 6.54 Å². The van der Waals surface area contributed by atoms with Crippen molar-refractivity contribution in [1.82, 2.24) is 19.9 Å². The predicted octanol–water partition coefficient (Wildman–Crippen LogP) is 7.64. The Morgan fingerprint density at radius 1 is 1.21 bits per heavy atom. The molecule has 0 saturated carbocycles. The van der Waals surface area contributed by atoms with Crippen molar-refractivity contribution in [2.24, 2.45) is 11.3 Å². The van der Waals surface area contributed by atoms with E-state index in [9.17, 15) is 4.79 Å². The quantitative estimate of drug-likeness (QED) is 0.191. The molecule has 0 fully saturated rings. The van der Waals surface area contributed by atoms with Crippen molar-refractivity contribution in [2.45, 2.75) is 59.9 Å². The number of carbonyl (C=O) groups excluding carboxylic acids is 1. The van der Waals surface area contributed by atoms with Crippen LogP contribution in [0.15, 0.2) is 55.5 Å². The summed E-state index contributed by atoms with van der Waals surface area (Å²) in [7, 11) is 1.85. The van der Waals surface area contributed by atoms with E-state index in [0.717, 1.165) is 70.3 Å². The van der Waals surface area contributed by atoms with Crippen LogP contribution in [0.1, 0.15) is 67.3 Å². The first-order chi connectivity index (χ1) is 18.3. The first-order valence-electron chi connectivity index (χ1n) is 13.5. The fourth-order valence-corrected chi connectivity index (χ4v) is 6.55. The number of nitrogens with zero attached hydrogens (tertiary/aromatic N) is 4. The normalized spacial score (nSPS) is 13.8. The summed E-state index contributed by atoms with van der Waals surface area (Å²) in [5.41, 5.74) is 3.06. The lowest BCUT2D eigenvalue weighted by atomic mass is 9.76. The molecule has 4 aromatic rings. The lowest BCUT2D eigenvalue weighted by molar-refractivity contribution is 0.0790. The zero-order valence-electron chi connectivity index (χ0n) is 23.3. The van der Waals surface area contributed by atoms with Gasteiger partial charge in [-0.2, -0.15) is 0 Å². The fraction of sp³-hybridized carbons (Fsp3) is 0.419. The second-order valence-electron chi connectivity index (χ2n) is 10.6. The zero-order chi connectivity index (χ0) is 27.3. The van der Waals surface area contributed by atoms with Gasteiger partial charge in [0.25, 0.3) is 5.91 Å². The molecule has 0 spiro atoms. The van der Waals surface area contributed by atoms with Gasteiger partial charge in [-0.15, -0.1) is 17.9 Å². The van der Waals surface area contributed by atoms with E-state index in [2.05, 4.69) is 65.8 Å². The average molecular weight is 530 g/mol. The molecule has 1 N–H and O–H groups in total. The van der Waals surface area contributed by atoms with Crippen molar-refractivity contribution < 1.29 is 4.79 Å². The zero-order valence-corrected chi connectivity index (χ0v) is 24.1. The number of aromatic nitrogens is 3. The molecule has 0 saturated heterocycles. The highest BCUT2D eigenvalue weighted by Gasteiger charge is 2.27. The molecule has 0 aliphatic rings. The number of hydrogen-bond acceptors (Lipinski definition) is 6. The molecule has 0 bridgehead atoms. The van der Waals surface area contributed by atoms with E-state index in [1.807, 2.05) is 32.2 Å². The Hall–Kier alpha value is -3.32. The molecule has 200 valence electrons. The topological polar surface area (TPSA) is 71.0 Å². The Kier molecular flexibility index (Phi) is 8.77. The van der Waals surface area contributed by atoms with E-state index in [1.54, 1.807) is 17.4 Å². The molecule has 7 heteroatoms. The SMILES string of the molecule is C=CC(CC)CC(C)(CCC)CNc1ncnc2sc(C(=O)N(C)Cc3cccc4ncccc34)c(C)c12. The van der Waals surface area contributed by atoms with Crippen LogP contribution in [-0.4, -0.2) is 39.4 Å². The van der Waals surface area contributed by atoms with Gasteiger partial charge in [-0.1, -0.05) is 51.5 Å². The Bertz CT molecular complexity index is 1430. The molecule has 2 unspecified atom stereocenters. The molecule has 1 aromatic carbocycles. The van der Waals surface area contributed by atoms with Crippen molar-refractivity contribution in [3.8, 4) is 0 Å². The highest BCUT2D eigenvalue weighted by molar-refractivity contribution is 7.20. The smallest absolute Gasteiger partial charge is 0.264 e. The van der Waals surface area contributed by atoms with Crippen LogP contribution < -0.4 is 5.32 Å². The number of fused-ring (bicyclic) bond motifs is 2. The van der Waals surface area contributed by atoms with Gasteiger partial charge >= 0.3 is 0 Å². The van der Waals surface area contributed by atoms with Crippen molar-refractivity contribution in [3.63, 3.8) is 0 Å². The lowest BCUT2D eigenvalue weighted by Gasteiger charge is -2.32. The van der Waals surface area contributed by atoms with E-state index in [-0.39, 0.29) is 11.3 Å². The maximum Gasteiger partial charge on any atom is 0.264 e. The fourth-order valence-electron chi connectivity index (χ4n) is 5.41. The summed E-state index contributed by atoms with van der Waals surface area (Å²) in [5.74, 6) is 1.29.